The SMILES string of the molecule is CNC(CS)C(C)=O. The molecule has 0 aliphatic carbocycles. The molecule has 0 fully saturated rings. The van der Waals surface area contributed by atoms with Crippen LogP contribution in [0.5, 0.6) is 0 Å². The second-order valence-electron chi connectivity index (χ2n) is 1.63. The zero-order valence-electron chi connectivity index (χ0n) is 5.14. The summed E-state index contributed by atoms with van der Waals surface area (Å²) in [5.74, 6) is 0.716. The van der Waals surface area contributed by atoms with E-state index in [1.54, 1.807) is 14.0 Å². The summed E-state index contributed by atoms with van der Waals surface area (Å²) in [6.07, 6.45) is 0. The molecule has 48 valence electrons. The van der Waals surface area contributed by atoms with E-state index in [-0.39, 0.29) is 11.8 Å². The fourth-order valence-corrected chi connectivity index (χ4v) is 0.863. The Morgan fingerprint density at radius 3 is 2.38 bits per heavy atom. The summed E-state index contributed by atoms with van der Waals surface area (Å²) in [5, 5.41) is 2.83. The van der Waals surface area contributed by atoms with E-state index in [0.29, 0.717) is 5.75 Å². The molecule has 0 aromatic heterocycles. The van der Waals surface area contributed by atoms with E-state index < -0.39 is 0 Å². The third-order valence-electron chi connectivity index (χ3n) is 1.02. The van der Waals surface area contributed by atoms with Gasteiger partial charge in [-0.1, -0.05) is 0 Å². The molecule has 0 rings (SSSR count). The molecule has 0 aromatic rings. The van der Waals surface area contributed by atoms with Crippen LogP contribution in [0.2, 0.25) is 0 Å². The number of rotatable bonds is 3. The number of nitrogens with one attached hydrogen (secondary N) is 1. The van der Waals surface area contributed by atoms with Gasteiger partial charge in [0.25, 0.3) is 0 Å². The maximum Gasteiger partial charge on any atom is 0.147 e. The van der Waals surface area contributed by atoms with Gasteiger partial charge in [-0.3, -0.25) is 4.79 Å². The van der Waals surface area contributed by atoms with Gasteiger partial charge in [0, 0.05) is 5.75 Å². The molecule has 1 N–H and O–H groups in total. The van der Waals surface area contributed by atoms with Crippen molar-refractivity contribution >= 4 is 18.4 Å². The van der Waals surface area contributed by atoms with Crippen LogP contribution in [-0.4, -0.2) is 24.6 Å². The predicted molar refractivity (Wildman–Crippen MR) is 37.4 cm³/mol. The first-order valence-electron chi connectivity index (χ1n) is 2.51. The second-order valence-corrected chi connectivity index (χ2v) is 2.00. The number of Topliss-reactive ketones (excluding diaryl/α,β-unsaturated/α-hetero) is 1. The highest BCUT2D eigenvalue weighted by Crippen LogP contribution is 1.86. The van der Waals surface area contributed by atoms with Crippen molar-refractivity contribution in [2.45, 2.75) is 13.0 Å². The number of carbonyl (C=O) groups is 1. The molecule has 8 heavy (non-hydrogen) atoms. The minimum absolute atomic E-state index is 0.0710. The van der Waals surface area contributed by atoms with Gasteiger partial charge in [0.15, 0.2) is 0 Å². The first-order valence-corrected chi connectivity index (χ1v) is 3.14. The van der Waals surface area contributed by atoms with E-state index in [9.17, 15) is 4.79 Å². The summed E-state index contributed by atoms with van der Waals surface area (Å²) in [6, 6.07) is -0.0710. The Labute approximate surface area is 55.1 Å². The second kappa shape index (κ2) is 3.92. The molecule has 0 aromatic carbocycles. The van der Waals surface area contributed by atoms with Crippen LogP contribution in [0.1, 0.15) is 6.92 Å². The van der Waals surface area contributed by atoms with Crippen molar-refractivity contribution in [1.29, 1.82) is 0 Å². The molecule has 1 atom stereocenters. The van der Waals surface area contributed by atoms with Crippen LogP contribution in [0.3, 0.4) is 0 Å². The largest absolute Gasteiger partial charge is 0.310 e. The standard InChI is InChI=1S/C5H11NOS/c1-4(7)5(3-8)6-2/h5-6,8H,3H2,1-2H3. The lowest BCUT2D eigenvalue weighted by Gasteiger charge is -2.06. The summed E-state index contributed by atoms with van der Waals surface area (Å²) in [5.41, 5.74) is 0. The summed E-state index contributed by atoms with van der Waals surface area (Å²) in [4.78, 5) is 10.5. The van der Waals surface area contributed by atoms with Gasteiger partial charge in [0.2, 0.25) is 0 Å². The molecule has 3 heteroatoms. The highest BCUT2D eigenvalue weighted by molar-refractivity contribution is 7.80. The van der Waals surface area contributed by atoms with Crippen molar-refractivity contribution in [2.75, 3.05) is 12.8 Å². The number of hydrogen-bond acceptors (Lipinski definition) is 3. The Morgan fingerprint density at radius 1 is 1.88 bits per heavy atom. The van der Waals surface area contributed by atoms with Gasteiger partial charge < -0.3 is 5.32 Å². The predicted octanol–water partition coefficient (Wildman–Crippen LogP) is 0.0932. The van der Waals surface area contributed by atoms with Gasteiger partial charge >= 0.3 is 0 Å². The lowest BCUT2D eigenvalue weighted by atomic mass is 10.2. The third-order valence-corrected chi connectivity index (χ3v) is 1.39. The van der Waals surface area contributed by atoms with Gasteiger partial charge in [-0.05, 0) is 14.0 Å². The van der Waals surface area contributed by atoms with Crippen LogP contribution in [0.15, 0.2) is 0 Å². The van der Waals surface area contributed by atoms with Crippen LogP contribution in [-0.2, 0) is 4.79 Å². The zero-order chi connectivity index (χ0) is 6.57. The first-order chi connectivity index (χ1) is 3.72. The van der Waals surface area contributed by atoms with Gasteiger partial charge in [-0.25, -0.2) is 0 Å². The van der Waals surface area contributed by atoms with Gasteiger partial charge in [-0.2, -0.15) is 12.6 Å². The first kappa shape index (κ1) is 7.98. The Hall–Kier alpha value is -0.0200. The van der Waals surface area contributed by atoms with Crippen LogP contribution < -0.4 is 5.32 Å². The van der Waals surface area contributed by atoms with Gasteiger partial charge in [0.05, 0.1) is 6.04 Å². The minimum atomic E-state index is -0.0710. The van der Waals surface area contributed by atoms with E-state index >= 15 is 0 Å². The number of hydrogen-bond donors (Lipinski definition) is 2. The zero-order valence-corrected chi connectivity index (χ0v) is 6.03. The summed E-state index contributed by atoms with van der Waals surface area (Å²) in [7, 11) is 1.75. The van der Waals surface area contributed by atoms with Crippen molar-refractivity contribution in [1.82, 2.24) is 5.32 Å². The lowest BCUT2D eigenvalue weighted by molar-refractivity contribution is -0.118. The van der Waals surface area contributed by atoms with Crippen molar-refractivity contribution < 1.29 is 4.79 Å². The highest BCUT2D eigenvalue weighted by atomic mass is 32.1. The molecule has 0 radical (unpaired) electrons. The molecule has 0 amide bonds. The Bertz CT molecular complexity index is 80.5. The van der Waals surface area contributed by atoms with E-state index in [2.05, 4.69) is 17.9 Å². The molecule has 0 aliphatic heterocycles. The maximum absolute atomic E-state index is 10.5. The molecule has 0 saturated carbocycles. The lowest BCUT2D eigenvalue weighted by Crippen LogP contribution is -2.33. The van der Waals surface area contributed by atoms with Crippen molar-refractivity contribution in [3.8, 4) is 0 Å². The summed E-state index contributed by atoms with van der Waals surface area (Å²) < 4.78 is 0. The summed E-state index contributed by atoms with van der Waals surface area (Å²) in [6.45, 7) is 1.55. The molecule has 0 heterocycles. The van der Waals surface area contributed by atoms with Crippen molar-refractivity contribution in [2.24, 2.45) is 0 Å². The fraction of sp³-hybridized carbons (Fsp3) is 0.800. The van der Waals surface area contributed by atoms with Crippen molar-refractivity contribution in [3.63, 3.8) is 0 Å². The van der Waals surface area contributed by atoms with Crippen LogP contribution in [0.25, 0.3) is 0 Å². The molecule has 0 bridgehead atoms. The van der Waals surface area contributed by atoms with Crippen LogP contribution in [0, 0.1) is 0 Å². The summed E-state index contributed by atoms with van der Waals surface area (Å²) >= 11 is 3.95. The highest BCUT2D eigenvalue weighted by Gasteiger charge is 2.06. The van der Waals surface area contributed by atoms with Gasteiger partial charge in [-0.15, -0.1) is 0 Å². The van der Waals surface area contributed by atoms with E-state index in [4.69, 9.17) is 0 Å². The van der Waals surface area contributed by atoms with Crippen LogP contribution in [0.4, 0.5) is 0 Å². The topological polar surface area (TPSA) is 29.1 Å². The monoisotopic (exact) mass is 133 g/mol. The number of thiol groups is 1. The molecule has 1 unspecified atom stereocenters. The Balaban J connectivity index is 3.52. The van der Waals surface area contributed by atoms with Crippen molar-refractivity contribution in [3.05, 3.63) is 0 Å². The number of likely N-dealkylation sites (N-methyl/N-ethyl adjacent to an activating group) is 1. The Morgan fingerprint density at radius 2 is 2.38 bits per heavy atom. The van der Waals surface area contributed by atoms with E-state index in [0.717, 1.165) is 0 Å². The average molecular weight is 133 g/mol. The molecule has 0 aliphatic rings. The third kappa shape index (κ3) is 2.33. The smallest absolute Gasteiger partial charge is 0.147 e. The quantitative estimate of drug-likeness (QED) is 0.534. The molecule has 0 saturated heterocycles. The molecule has 0 spiro atoms. The van der Waals surface area contributed by atoms with Crippen LogP contribution >= 0.6 is 12.6 Å². The maximum atomic E-state index is 10.5. The molecular formula is C5H11NOS. The van der Waals surface area contributed by atoms with Gasteiger partial charge in [0.1, 0.15) is 5.78 Å². The minimum Gasteiger partial charge on any atom is -0.310 e. The number of carbonyl (C=O) groups excluding carboxylic acids is 1. The Kier molecular flexibility index (Phi) is 3.91. The molecule has 2 nitrogen and oxygen atoms in total. The fourth-order valence-electron chi connectivity index (χ4n) is 0.423. The van der Waals surface area contributed by atoms with E-state index in [1.165, 1.54) is 0 Å². The normalized spacial score (nSPS) is 13.4. The van der Waals surface area contributed by atoms with E-state index in [1.807, 2.05) is 0 Å². The average Bonchev–Trinajstić information content (AvgIpc) is 1.69. The number of ketones is 1. The molecular weight excluding hydrogens is 122 g/mol.